The van der Waals surface area contributed by atoms with Crippen LogP contribution in [0.2, 0.25) is 0 Å². The minimum absolute atomic E-state index is 0.0315. The number of urea groups is 1. The molecule has 2 aliphatic rings. The van der Waals surface area contributed by atoms with Crippen LogP contribution in [-0.2, 0) is 38.5 Å². The molecule has 2 fully saturated rings. The van der Waals surface area contributed by atoms with Crippen molar-refractivity contribution in [3.8, 4) is 0 Å². The van der Waals surface area contributed by atoms with Crippen molar-refractivity contribution in [1.29, 1.82) is 0 Å². The van der Waals surface area contributed by atoms with Crippen LogP contribution in [0.25, 0.3) is 0 Å². The third kappa shape index (κ3) is 14.6. The van der Waals surface area contributed by atoms with Crippen molar-refractivity contribution in [2.75, 3.05) is 31.7 Å². The third-order valence-electron chi connectivity index (χ3n) is 6.62. The molecule has 2 saturated heterocycles. The van der Waals surface area contributed by atoms with Gasteiger partial charge in [0.1, 0.15) is 14.6 Å². The molecule has 2 rings (SSSR count). The molecule has 0 aromatic rings. The molecule has 1 unspecified atom stereocenters. The Bertz CT molecular complexity index is 886. The molecule has 2 aliphatic heterocycles. The summed E-state index contributed by atoms with van der Waals surface area (Å²) < 4.78 is 16.1. The average Bonchev–Trinajstić information content (AvgIpc) is 3.40. The molecular formula is C25H44N4O6S3. The van der Waals surface area contributed by atoms with E-state index in [4.69, 9.17) is 4.18 Å². The molecule has 0 aliphatic carbocycles. The van der Waals surface area contributed by atoms with E-state index in [1.165, 1.54) is 6.26 Å². The van der Waals surface area contributed by atoms with E-state index in [-0.39, 0.29) is 43.1 Å². The number of carbonyl (C=O) groups is 4. The first-order valence-corrected chi connectivity index (χ1v) is 17.6. The Labute approximate surface area is 236 Å². The molecule has 218 valence electrons. The molecule has 10 nitrogen and oxygen atoms in total. The van der Waals surface area contributed by atoms with Crippen LogP contribution in [0.15, 0.2) is 0 Å². The fourth-order valence-electron chi connectivity index (χ4n) is 4.60. The Balaban J connectivity index is 1.33. The number of carbonyl (C=O) groups excluding carboxylic acids is 4. The number of amides is 4. The Kier molecular flexibility index (Phi) is 15.5. The molecule has 4 N–H and O–H groups in total. The van der Waals surface area contributed by atoms with Gasteiger partial charge in [-0.05, 0) is 38.5 Å². The number of hydrogen-bond acceptors (Lipinski definition) is 8. The van der Waals surface area contributed by atoms with Crippen molar-refractivity contribution in [1.82, 2.24) is 21.3 Å². The van der Waals surface area contributed by atoms with Crippen LogP contribution in [0.1, 0.15) is 83.5 Å². The highest BCUT2D eigenvalue weighted by molar-refractivity contribution is 8.29. The van der Waals surface area contributed by atoms with Crippen molar-refractivity contribution in [3.05, 3.63) is 0 Å². The van der Waals surface area contributed by atoms with Gasteiger partial charge in [0.15, 0.2) is 0 Å². The van der Waals surface area contributed by atoms with Gasteiger partial charge in [-0.3, -0.25) is 18.6 Å². The summed E-state index contributed by atoms with van der Waals surface area (Å²) in [4.78, 5) is 47.2. The quantitative estimate of drug-likeness (QED) is 0.118. The SMILES string of the molecule is CS(=O)(=S)OCCNC(=O)CCCCCNC(=O)CCCCCC(=O)CCCC[C@@H]1SC[C@@H]2NC(=O)N[C@@H]21. The minimum Gasteiger partial charge on any atom is -0.356 e. The predicted octanol–water partition coefficient (Wildman–Crippen LogP) is 2.33. The first kappa shape index (κ1) is 32.8. The summed E-state index contributed by atoms with van der Waals surface area (Å²) in [6, 6.07) is 0.422. The first-order chi connectivity index (χ1) is 18.1. The number of Topliss-reactive ketones (excluding diaryl/α,β-unsaturated/α-hetero) is 1. The normalized spacial score (nSPS) is 21.7. The van der Waals surface area contributed by atoms with E-state index in [1.807, 2.05) is 11.8 Å². The number of thioether (sulfide) groups is 1. The van der Waals surface area contributed by atoms with Gasteiger partial charge in [0.25, 0.3) is 0 Å². The largest absolute Gasteiger partial charge is 0.356 e. The molecule has 0 aromatic carbocycles. The van der Waals surface area contributed by atoms with Crippen molar-refractivity contribution < 1.29 is 27.6 Å². The van der Waals surface area contributed by atoms with E-state index >= 15 is 0 Å². The maximum Gasteiger partial charge on any atom is 0.315 e. The summed E-state index contributed by atoms with van der Waals surface area (Å²) >= 11 is 6.53. The van der Waals surface area contributed by atoms with E-state index in [0.29, 0.717) is 43.3 Å². The van der Waals surface area contributed by atoms with Gasteiger partial charge in [-0.15, -0.1) is 0 Å². The number of hydrogen-bond donors (Lipinski definition) is 4. The fourth-order valence-corrected chi connectivity index (χ4v) is 6.73. The fraction of sp³-hybridized carbons (Fsp3) is 0.840. The molecule has 0 spiro atoms. The molecule has 38 heavy (non-hydrogen) atoms. The molecule has 0 bridgehead atoms. The molecule has 4 atom stereocenters. The van der Waals surface area contributed by atoms with E-state index < -0.39 is 8.77 Å². The number of rotatable bonds is 21. The summed E-state index contributed by atoms with van der Waals surface area (Å²) in [7, 11) is -2.65. The zero-order valence-electron chi connectivity index (χ0n) is 22.4. The number of nitrogens with one attached hydrogen (secondary N) is 4. The number of fused-ring (bicyclic) bond motifs is 1. The Morgan fingerprint density at radius 2 is 1.53 bits per heavy atom. The smallest absolute Gasteiger partial charge is 0.315 e. The molecule has 0 saturated carbocycles. The van der Waals surface area contributed by atoms with Crippen LogP contribution in [0.3, 0.4) is 0 Å². The van der Waals surface area contributed by atoms with Crippen LogP contribution >= 0.6 is 11.8 Å². The zero-order chi connectivity index (χ0) is 27.8. The molecule has 0 radical (unpaired) electrons. The van der Waals surface area contributed by atoms with Gasteiger partial charge in [0.05, 0.1) is 18.7 Å². The second-order valence-electron chi connectivity index (χ2n) is 10.0. The van der Waals surface area contributed by atoms with Crippen LogP contribution in [0.5, 0.6) is 0 Å². The van der Waals surface area contributed by atoms with Crippen LogP contribution < -0.4 is 21.3 Å². The van der Waals surface area contributed by atoms with Crippen molar-refractivity contribution >= 4 is 55.4 Å². The standard InChI is InChI=1S/C25H44N4O6S3/c1-38(34,36)35-17-16-27-23(32)14-6-3-9-15-26-22(31)13-5-2-4-10-19(30)11-7-8-12-21-24-20(18-37-21)28-25(33)29-24/h20-21,24H,2-18H2,1H3,(H,26,31)(H,27,32)(H2,28,29,33)/t20-,21-,24-,38?/m0/s1. The molecule has 4 amide bonds. The topological polar surface area (TPSA) is 143 Å². The zero-order valence-corrected chi connectivity index (χ0v) is 24.9. The van der Waals surface area contributed by atoms with Crippen molar-refractivity contribution in [2.45, 2.75) is 101 Å². The third-order valence-corrected chi connectivity index (χ3v) is 9.01. The van der Waals surface area contributed by atoms with Gasteiger partial charge < -0.3 is 21.3 Å². The van der Waals surface area contributed by atoms with Gasteiger partial charge in [-0.2, -0.15) is 11.8 Å². The summed E-state index contributed by atoms with van der Waals surface area (Å²) in [5.41, 5.74) is 0. The number of ketones is 1. The lowest BCUT2D eigenvalue weighted by Crippen LogP contribution is -2.36. The lowest BCUT2D eigenvalue weighted by atomic mass is 10.0. The van der Waals surface area contributed by atoms with Gasteiger partial charge in [-0.1, -0.05) is 19.3 Å². The Hall–Kier alpha value is -1.44. The van der Waals surface area contributed by atoms with Gasteiger partial charge in [-0.25, -0.2) is 9.00 Å². The Morgan fingerprint density at radius 3 is 2.21 bits per heavy atom. The maximum absolute atomic E-state index is 12.1. The highest BCUT2D eigenvalue weighted by Gasteiger charge is 2.42. The summed E-state index contributed by atoms with van der Waals surface area (Å²) in [5, 5.41) is 12.0. The summed E-state index contributed by atoms with van der Waals surface area (Å²) in [5.74, 6) is 1.21. The van der Waals surface area contributed by atoms with Crippen LogP contribution in [-0.4, -0.2) is 76.9 Å². The van der Waals surface area contributed by atoms with Crippen molar-refractivity contribution in [2.24, 2.45) is 0 Å². The average molecular weight is 593 g/mol. The minimum atomic E-state index is -2.65. The lowest BCUT2D eigenvalue weighted by molar-refractivity contribution is -0.122. The molecule has 0 aromatic heterocycles. The predicted molar refractivity (Wildman–Crippen MR) is 154 cm³/mol. The first-order valence-electron chi connectivity index (χ1n) is 13.7. The monoisotopic (exact) mass is 592 g/mol. The van der Waals surface area contributed by atoms with Crippen molar-refractivity contribution in [3.63, 3.8) is 0 Å². The van der Waals surface area contributed by atoms with Crippen LogP contribution in [0, 0.1) is 0 Å². The van der Waals surface area contributed by atoms with E-state index in [1.54, 1.807) is 0 Å². The van der Waals surface area contributed by atoms with Gasteiger partial charge in [0, 0.05) is 67.2 Å². The summed E-state index contributed by atoms with van der Waals surface area (Å²) in [6.45, 7) is 1.02. The second-order valence-corrected chi connectivity index (χ2v) is 14.7. The summed E-state index contributed by atoms with van der Waals surface area (Å²) in [6.07, 6.45) is 11.2. The lowest BCUT2D eigenvalue weighted by Gasteiger charge is -2.16. The maximum atomic E-state index is 12.1. The second kappa shape index (κ2) is 18.0. The van der Waals surface area contributed by atoms with Gasteiger partial charge >= 0.3 is 6.03 Å². The van der Waals surface area contributed by atoms with Crippen LogP contribution in [0.4, 0.5) is 4.79 Å². The molecular weight excluding hydrogens is 548 g/mol. The molecule has 2 heterocycles. The van der Waals surface area contributed by atoms with Gasteiger partial charge in [0.2, 0.25) is 11.8 Å². The van der Waals surface area contributed by atoms with E-state index in [9.17, 15) is 23.4 Å². The number of unbranched alkanes of at least 4 members (excludes halogenated alkanes) is 5. The Morgan fingerprint density at radius 1 is 0.921 bits per heavy atom. The van der Waals surface area contributed by atoms with E-state index in [2.05, 4.69) is 32.5 Å². The molecule has 13 heteroatoms. The van der Waals surface area contributed by atoms with E-state index in [0.717, 1.165) is 63.5 Å². The highest BCUT2D eigenvalue weighted by atomic mass is 32.8. The highest BCUT2D eigenvalue weighted by Crippen LogP contribution is 2.33.